The van der Waals surface area contributed by atoms with Crippen molar-refractivity contribution in [2.45, 2.75) is 19.4 Å². The Morgan fingerprint density at radius 3 is 2.22 bits per heavy atom. The molecule has 0 saturated carbocycles. The van der Waals surface area contributed by atoms with Crippen molar-refractivity contribution in [3.8, 4) is 11.1 Å². The molecule has 1 aliphatic heterocycles. The van der Waals surface area contributed by atoms with Crippen LogP contribution in [0.1, 0.15) is 28.5 Å². The first-order chi connectivity index (χ1) is 11.3. The summed E-state index contributed by atoms with van der Waals surface area (Å²) in [6.45, 7) is 2.11. The first-order valence-electron chi connectivity index (χ1n) is 7.82. The molecule has 0 fully saturated rings. The third kappa shape index (κ3) is 2.92. The van der Waals surface area contributed by atoms with Gasteiger partial charge in [-0.1, -0.05) is 60.2 Å². The van der Waals surface area contributed by atoms with Gasteiger partial charge in [0.25, 0.3) is 0 Å². The highest BCUT2D eigenvalue weighted by atomic mass is 32.1. The molecule has 23 heavy (non-hydrogen) atoms. The molecule has 0 saturated heterocycles. The van der Waals surface area contributed by atoms with Crippen LogP contribution in [0.15, 0.2) is 71.1 Å². The molecule has 1 N–H and O–H groups in total. The number of nitrogens with one attached hydrogen (secondary N) is 1. The average Bonchev–Trinajstić information content (AvgIpc) is 3.27. The van der Waals surface area contributed by atoms with E-state index < -0.39 is 0 Å². The van der Waals surface area contributed by atoms with E-state index in [1.807, 2.05) is 0 Å². The lowest BCUT2D eigenvalue weighted by molar-refractivity contribution is 0.630. The van der Waals surface area contributed by atoms with E-state index in [4.69, 9.17) is 0 Å². The van der Waals surface area contributed by atoms with Gasteiger partial charge in [-0.15, -0.1) is 11.3 Å². The summed E-state index contributed by atoms with van der Waals surface area (Å²) in [7, 11) is 0. The minimum Gasteiger partial charge on any atom is -0.301 e. The van der Waals surface area contributed by atoms with E-state index in [1.54, 1.807) is 11.3 Å². The van der Waals surface area contributed by atoms with E-state index in [0.29, 0.717) is 6.04 Å². The van der Waals surface area contributed by atoms with Gasteiger partial charge < -0.3 is 5.43 Å². The monoisotopic (exact) mass is 318 g/mol. The molecule has 2 nitrogen and oxygen atoms in total. The molecule has 114 valence electrons. The quantitative estimate of drug-likeness (QED) is 0.708. The van der Waals surface area contributed by atoms with Gasteiger partial charge in [0, 0.05) is 11.3 Å². The van der Waals surface area contributed by atoms with Crippen LogP contribution in [0.4, 0.5) is 0 Å². The summed E-state index contributed by atoms with van der Waals surface area (Å²) in [6.07, 6.45) is 0.949. The van der Waals surface area contributed by atoms with Crippen molar-refractivity contribution >= 4 is 17.0 Å². The van der Waals surface area contributed by atoms with Gasteiger partial charge in [0.15, 0.2) is 0 Å². The number of nitrogens with zero attached hydrogens (tertiary/aromatic N) is 1. The van der Waals surface area contributed by atoms with E-state index in [1.165, 1.54) is 27.1 Å². The number of hydrogen-bond acceptors (Lipinski definition) is 3. The largest absolute Gasteiger partial charge is 0.301 e. The zero-order chi connectivity index (χ0) is 15.6. The maximum absolute atomic E-state index is 4.53. The third-order valence-electron chi connectivity index (χ3n) is 4.24. The van der Waals surface area contributed by atoms with Crippen molar-refractivity contribution in [3.63, 3.8) is 0 Å². The molecule has 1 aromatic heterocycles. The van der Waals surface area contributed by atoms with Crippen LogP contribution in [0.25, 0.3) is 11.1 Å². The number of benzene rings is 2. The van der Waals surface area contributed by atoms with Crippen LogP contribution in [0.2, 0.25) is 0 Å². The van der Waals surface area contributed by atoms with Crippen molar-refractivity contribution in [1.29, 1.82) is 0 Å². The van der Waals surface area contributed by atoms with Crippen LogP contribution < -0.4 is 5.43 Å². The molecule has 4 rings (SSSR count). The second kappa shape index (κ2) is 6.01. The summed E-state index contributed by atoms with van der Waals surface area (Å²) < 4.78 is 0. The van der Waals surface area contributed by atoms with Crippen molar-refractivity contribution in [1.82, 2.24) is 5.43 Å². The zero-order valence-corrected chi connectivity index (χ0v) is 13.8. The van der Waals surface area contributed by atoms with Gasteiger partial charge in [-0.25, -0.2) is 0 Å². The summed E-state index contributed by atoms with van der Waals surface area (Å²) in [6, 6.07) is 21.9. The van der Waals surface area contributed by atoms with Gasteiger partial charge in [-0.05, 0) is 35.1 Å². The van der Waals surface area contributed by atoms with E-state index in [9.17, 15) is 0 Å². The molecule has 0 radical (unpaired) electrons. The van der Waals surface area contributed by atoms with Crippen LogP contribution in [0.3, 0.4) is 0 Å². The number of hydrogen-bond donors (Lipinski definition) is 1. The first kappa shape index (κ1) is 14.2. The van der Waals surface area contributed by atoms with Gasteiger partial charge in [0.05, 0.1) is 11.8 Å². The molecular formula is C20H18N2S. The summed E-state index contributed by atoms with van der Waals surface area (Å²) in [5.41, 5.74) is 9.39. The fourth-order valence-electron chi connectivity index (χ4n) is 2.88. The minimum absolute atomic E-state index is 0.321. The molecule has 2 aromatic carbocycles. The highest BCUT2D eigenvalue weighted by molar-refractivity contribution is 7.10. The fraction of sp³-hybridized carbons (Fsp3) is 0.150. The molecule has 1 aliphatic rings. The Labute approximate surface area is 140 Å². The number of hydrazone groups is 1. The molecule has 3 heteroatoms. The van der Waals surface area contributed by atoms with E-state index >= 15 is 0 Å². The summed E-state index contributed by atoms with van der Waals surface area (Å²) in [5, 5.41) is 6.65. The van der Waals surface area contributed by atoms with Gasteiger partial charge in [0.1, 0.15) is 0 Å². The molecule has 1 unspecified atom stereocenters. The molecule has 0 bridgehead atoms. The predicted molar refractivity (Wildman–Crippen MR) is 98.0 cm³/mol. The lowest BCUT2D eigenvalue weighted by Gasteiger charge is -2.07. The molecule has 2 heterocycles. The van der Waals surface area contributed by atoms with Crippen molar-refractivity contribution in [2.75, 3.05) is 0 Å². The molecule has 0 amide bonds. The van der Waals surface area contributed by atoms with E-state index in [2.05, 4.69) is 83.5 Å². The fourth-order valence-corrected chi connectivity index (χ4v) is 3.65. The lowest BCUT2D eigenvalue weighted by Crippen LogP contribution is -2.07. The maximum atomic E-state index is 4.53. The Bertz CT molecular complexity index is 815. The van der Waals surface area contributed by atoms with Crippen molar-refractivity contribution in [3.05, 3.63) is 82.0 Å². The minimum atomic E-state index is 0.321. The molecule has 1 atom stereocenters. The van der Waals surface area contributed by atoms with Gasteiger partial charge in [-0.2, -0.15) is 5.10 Å². The lowest BCUT2D eigenvalue weighted by atomic mass is 9.99. The molecule has 0 spiro atoms. The average molecular weight is 318 g/mol. The Kier molecular flexibility index (Phi) is 3.72. The Morgan fingerprint density at radius 1 is 0.913 bits per heavy atom. The number of thiophene rings is 1. The first-order valence-corrected chi connectivity index (χ1v) is 8.70. The standard InChI is InChI=1S/C20H18N2S/c1-14-4-6-15(7-5-14)16-8-10-17(11-9-16)18-13-19(22-21-18)20-3-2-12-23-20/h2-12,19,22H,13H2,1H3. The molecule has 3 aromatic rings. The predicted octanol–water partition coefficient (Wildman–Crippen LogP) is 5.16. The number of rotatable bonds is 3. The zero-order valence-electron chi connectivity index (χ0n) is 13.0. The topological polar surface area (TPSA) is 24.4 Å². The molecular weight excluding hydrogens is 300 g/mol. The normalized spacial score (nSPS) is 16.9. The summed E-state index contributed by atoms with van der Waals surface area (Å²) >= 11 is 1.78. The van der Waals surface area contributed by atoms with Gasteiger partial charge in [-0.3, -0.25) is 0 Å². The summed E-state index contributed by atoms with van der Waals surface area (Å²) in [4.78, 5) is 1.35. The van der Waals surface area contributed by atoms with E-state index in [-0.39, 0.29) is 0 Å². The second-order valence-electron chi connectivity index (χ2n) is 5.90. The van der Waals surface area contributed by atoms with Crippen LogP contribution in [-0.4, -0.2) is 5.71 Å². The highest BCUT2D eigenvalue weighted by Crippen LogP contribution is 2.28. The van der Waals surface area contributed by atoms with E-state index in [0.717, 1.165) is 12.1 Å². The summed E-state index contributed by atoms with van der Waals surface area (Å²) in [5.74, 6) is 0. The number of aryl methyl sites for hydroxylation is 1. The Morgan fingerprint density at radius 2 is 1.57 bits per heavy atom. The smallest absolute Gasteiger partial charge is 0.0838 e. The van der Waals surface area contributed by atoms with Crippen LogP contribution in [0, 0.1) is 6.92 Å². The second-order valence-corrected chi connectivity index (χ2v) is 6.88. The van der Waals surface area contributed by atoms with Crippen LogP contribution in [0.5, 0.6) is 0 Å². The third-order valence-corrected chi connectivity index (χ3v) is 5.23. The van der Waals surface area contributed by atoms with Gasteiger partial charge >= 0.3 is 0 Å². The Hall–Kier alpha value is -2.39. The maximum Gasteiger partial charge on any atom is 0.0838 e. The van der Waals surface area contributed by atoms with Crippen molar-refractivity contribution in [2.24, 2.45) is 5.10 Å². The van der Waals surface area contributed by atoms with Crippen LogP contribution >= 0.6 is 11.3 Å². The Balaban J connectivity index is 1.51. The van der Waals surface area contributed by atoms with Crippen LogP contribution in [-0.2, 0) is 0 Å². The SMILES string of the molecule is Cc1ccc(-c2ccc(C3=NNC(c4cccs4)C3)cc2)cc1. The highest BCUT2D eigenvalue weighted by Gasteiger charge is 2.21. The van der Waals surface area contributed by atoms with Gasteiger partial charge in [0.2, 0.25) is 0 Å². The molecule has 0 aliphatic carbocycles. The van der Waals surface area contributed by atoms with Crippen molar-refractivity contribution < 1.29 is 0 Å².